The lowest BCUT2D eigenvalue weighted by molar-refractivity contribution is 0.582. The van der Waals surface area contributed by atoms with E-state index in [-0.39, 0.29) is 0 Å². The Labute approximate surface area is 106 Å². The Bertz CT molecular complexity index is 493. The van der Waals surface area contributed by atoms with Gasteiger partial charge in [0.25, 0.3) is 0 Å². The second-order valence-corrected chi connectivity index (χ2v) is 5.20. The summed E-state index contributed by atoms with van der Waals surface area (Å²) in [5.41, 5.74) is 3.68. The summed E-state index contributed by atoms with van der Waals surface area (Å²) >= 11 is 1.71. The molecular weight excluding hydrogens is 230 g/mol. The Hall–Kier alpha value is -1.26. The Morgan fingerprint density at radius 2 is 2.24 bits per heavy atom. The first-order valence-electron chi connectivity index (χ1n) is 5.69. The van der Waals surface area contributed by atoms with Crippen molar-refractivity contribution in [3.05, 3.63) is 45.7 Å². The Morgan fingerprint density at radius 1 is 1.41 bits per heavy atom. The van der Waals surface area contributed by atoms with Gasteiger partial charge >= 0.3 is 0 Å². The van der Waals surface area contributed by atoms with E-state index in [0.29, 0.717) is 6.04 Å². The predicted octanol–water partition coefficient (Wildman–Crippen LogP) is 2.66. The van der Waals surface area contributed by atoms with E-state index in [1.54, 1.807) is 11.3 Å². The minimum absolute atomic E-state index is 0.305. The highest BCUT2D eigenvalue weighted by molar-refractivity contribution is 7.09. The summed E-state index contributed by atoms with van der Waals surface area (Å²) in [6.07, 6.45) is 4.68. The van der Waals surface area contributed by atoms with Crippen LogP contribution in [0.1, 0.15) is 27.9 Å². The number of thiazole rings is 1. The van der Waals surface area contributed by atoms with Crippen molar-refractivity contribution < 1.29 is 0 Å². The summed E-state index contributed by atoms with van der Waals surface area (Å²) in [6.45, 7) is 4.14. The maximum Gasteiger partial charge on any atom is 0.0897 e. The minimum atomic E-state index is 0.305. The molecule has 0 amide bonds. The van der Waals surface area contributed by atoms with Crippen LogP contribution < -0.4 is 5.32 Å². The molecule has 0 saturated carbocycles. The van der Waals surface area contributed by atoms with Gasteiger partial charge in [0.15, 0.2) is 0 Å². The highest BCUT2D eigenvalue weighted by Crippen LogP contribution is 2.21. The molecule has 0 aliphatic heterocycles. The molecule has 2 heterocycles. The molecular formula is C13H17N3S. The first kappa shape index (κ1) is 12.2. The van der Waals surface area contributed by atoms with Gasteiger partial charge in [-0.05, 0) is 38.1 Å². The van der Waals surface area contributed by atoms with E-state index < -0.39 is 0 Å². The quantitative estimate of drug-likeness (QED) is 0.902. The number of pyridine rings is 1. The molecule has 2 rings (SSSR count). The summed E-state index contributed by atoms with van der Waals surface area (Å²) in [5, 5.41) is 6.62. The molecule has 0 aromatic carbocycles. The molecule has 3 nitrogen and oxygen atoms in total. The predicted molar refractivity (Wildman–Crippen MR) is 71.3 cm³/mol. The second kappa shape index (κ2) is 5.38. The second-order valence-electron chi connectivity index (χ2n) is 4.14. The van der Waals surface area contributed by atoms with Crippen LogP contribution in [0.4, 0.5) is 0 Å². The third-order valence-electron chi connectivity index (χ3n) is 2.87. The van der Waals surface area contributed by atoms with Crippen molar-refractivity contribution in [2.45, 2.75) is 26.3 Å². The SMILES string of the molecule is CNC(Cc1csc(C)n1)c1ccncc1C. The van der Waals surface area contributed by atoms with E-state index in [1.165, 1.54) is 11.1 Å². The van der Waals surface area contributed by atoms with E-state index >= 15 is 0 Å². The zero-order chi connectivity index (χ0) is 12.3. The zero-order valence-electron chi connectivity index (χ0n) is 10.4. The molecule has 4 heteroatoms. The molecule has 0 radical (unpaired) electrons. The van der Waals surface area contributed by atoms with Crippen molar-refractivity contribution >= 4 is 11.3 Å². The lowest BCUT2D eigenvalue weighted by Crippen LogP contribution is -2.20. The standard InChI is InChI=1S/C13H17N3S/c1-9-7-15-5-4-12(9)13(14-3)6-11-8-17-10(2)16-11/h4-5,7-8,13-14H,6H2,1-3H3. The first-order chi connectivity index (χ1) is 8.20. The minimum Gasteiger partial charge on any atom is -0.313 e. The number of likely N-dealkylation sites (N-methyl/N-ethyl adjacent to an activating group) is 1. The smallest absolute Gasteiger partial charge is 0.0897 e. The fourth-order valence-corrected chi connectivity index (χ4v) is 2.58. The molecule has 1 N–H and O–H groups in total. The summed E-state index contributed by atoms with van der Waals surface area (Å²) in [6, 6.07) is 2.38. The number of nitrogens with one attached hydrogen (secondary N) is 1. The van der Waals surface area contributed by atoms with Crippen molar-refractivity contribution in [3.63, 3.8) is 0 Å². The molecule has 0 bridgehead atoms. The van der Waals surface area contributed by atoms with Crippen molar-refractivity contribution in [2.75, 3.05) is 7.05 Å². The van der Waals surface area contributed by atoms with Crippen LogP contribution in [0.3, 0.4) is 0 Å². The first-order valence-corrected chi connectivity index (χ1v) is 6.57. The van der Waals surface area contributed by atoms with Crippen LogP contribution >= 0.6 is 11.3 Å². The molecule has 1 atom stereocenters. The van der Waals surface area contributed by atoms with Crippen LogP contribution in [0.15, 0.2) is 23.8 Å². The van der Waals surface area contributed by atoms with Crippen LogP contribution in [0.2, 0.25) is 0 Å². The summed E-state index contributed by atoms with van der Waals surface area (Å²) in [4.78, 5) is 8.65. The Balaban J connectivity index is 2.20. The normalized spacial score (nSPS) is 12.6. The molecule has 90 valence electrons. The fourth-order valence-electron chi connectivity index (χ4n) is 1.95. The highest BCUT2D eigenvalue weighted by atomic mass is 32.1. The van der Waals surface area contributed by atoms with Gasteiger partial charge in [-0.1, -0.05) is 0 Å². The number of aryl methyl sites for hydroxylation is 2. The molecule has 0 spiro atoms. The average Bonchev–Trinajstić information content (AvgIpc) is 2.73. The maximum absolute atomic E-state index is 4.52. The van der Waals surface area contributed by atoms with Crippen LogP contribution in [-0.2, 0) is 6.42 Å². The monoisotopic (exact) mass is 247 g/mol. The molecule has 0 aliphatic rings. The topological polar surface area (TPSA) is 37.8 Å². The fraction of sp³-hybridized carbons (Fsp3) is 0.385. The molecule has 0 aliphatic carbocycles. The Morgan fingerprint density at radius 3 is 2.82 bits per heavy atom. The third kappa shape index (κ3) is 2.90. The number of rotatable bonds is 4. The van der Waals surface area contributed by atoms with Crippen molar-refractivity contribution in [2.24, 2.45) is 0 Å². The Kier molecular flexibility index (Phi) is 3.86. The van der Waals surface area contributed by atoms with Crippen LogP contribution in [-0.4, -0.2) is 17.0 Å². The van der Waals surface area contributed by atoms with Gasteiger partial charge in [0, 0.05) is 30.2 Å². The van der Waals surface area contributed by atoms with Gasteiger partial charge in [-0.3, -0.25) is 4.98 Å². The van der Waals surface area contributed by atoms with Gasteiger partial charge in [0.1, 0.15) is 0 Å². The van der Waals surface area contributed by atoms with Crippen molar-refractivity contribution in [1.82, 2.24) is 15.3 Å². The van der Waals surface area contributed by atoms with Gasteiger partial charge in [-0.25, -0.2) is 4.98 Å². The van der Waals surface area contributed by atoms with E-state index in [4.69, 9.17) is 0 Å². The molecule has 0 saturated heterocycles. The zero-order valence-corrected chi connectivity index (χ0v) is 11.2. The molecule has 1 unspecified atom stereocenters. The van der Waals surface area contributed by atoms with Gasteiger partial charge in [-0.2, -0.15) is 0 Å². The van der Waals surface area contributed by atoms with E-state index in [2.05, 4.69) is 33.7 Å². The molecule has 2 aromatic rings. The highest BCUT2D eigenvalue weighted by Gasteiger charge is 2.13. The lowest BCUT2D eigenvalue weighted by Gasteiger charge is -2.17. The van der Waals surface area contributed by atoms with Crippen LogP contribution in [0, 0.1) is 13.8 Å². The van der Waals surface area contributed by atoms with Crippen LogP contribution in [0.5, 0.6) is 0 Å². The van der Waals surface area contributed by atoms with Gasteiger partial charge in [0.05, 0.1) is 10.7 Å². The van der Waals surface area contributed by atoms with E-state index in [1.807, 2.05) is 26.4 Å². The number of aromatic nitrogens is 2. The van der Waals surface area contributed by atoms with Crippen LogP contribution in [0.25, 0.3) is 0 Å². The van der Waals surface area contributed by atoms with Gasteiger partial charge < -0.3 is 5.32 Å². The molecule has 0 fully saturated rings. The van der Waals surface area contributed by atoms with Crippen molar-refractivity contribution in [1.29, 1.82) is 0 Å². The molecule has 2 aromatic heterocycles. The largest absolute Gasteiger partial charge is 0.313 e. The molecule has 17 heavy (non-hydrogen) atoms. The van der Waals surface area contributed by atoms with Gasteiger partial charge in [0.2, 0.25) is 0 Å². The van der Waals surface area contributed by atoms with E-state index in [0.717, 1.165) is 17.1 Å². The lowest BCUT2D eigenvalue weighted by atomic mass is 10.00. The number of nitrogens with zero attached hydrogens (tertiary/aromatic N) is 2. The third-order valence-corrected chi connectivity index (χ3v) is 3.69. The number of hydrogen-bond donors (Lipinski definition) is 1. The summed E-state index contributed by atoms with van der Waals surface area (Å²) < 4.78 is 0. The van der Waals surface area contributed by atoms with E-state index in [9.17, 15) is 0 Å². The summed E-state index contributed by atoms with van der Waals surface area (Å²) in [7, 11) is 1.99. The maximum atomic E-state index is 4.52. The average molecular weight is 247 g/mol. The summed E-state index contributed by atoms with van der Waals surface area (Å²) in [5.74, 6) is 0. The van der Waals surface area contributed by atoms with Crippen molar-refractivity contribution in [3.8, 4) is 0 Å². The van der Waals surface area contributed by atoms with Gasteiger partial charge in [-0.15, -0.1) is 11.3 Å². The number of hydrogen-bond acceptors (Lipinski definition) is 4.